The Morgan fingerprint density at radius 3 is 2.78 bits per heavy atom. The molecular formula is C13H16N2O3. The van der Waals surface area contributed by atoms with Gasteiger partial charge in [0.05, 0.1) is 13.2 Å². The summed E-state index contributed by atoms with van der Waals surface area (Å²) >= 11 is 0. The van der Waals surface area contributed by atoms with Crippen molar-refractivity contribution in [2.45, 2.75) is 26.0 Å². The number of carbonyl (C=O) groups excluding carboxylic acids is 2. The lowest BCUT2D eigenvalue weighted by Crippen LogP contribution is -2.58. The van der Waals surface area contributed by atoms with Crippen LogP contribution in [0.3, 0.4) is 0 Å². The summed E-state index contributed by atoms with van der Waals surface area (Å²) in [6.45, 7) is 1.93. The zero-order valence-electron chi connectivity index (χ0n) is 10.2. The van der Waals surface area contributed by atoms with Crippen LogP contribution < -0.4 is 10.2 Å². The molecule has 2 rings (SSSR count). The lowest BCUT2D eigenvalue weighted by molar-refractivity contribution is -0.132. The van der Waals surface area contributed by atoms with E-state index in [2.05, 4.69) is 5.32 Å². The molecule has 1 aromatic carbocycles. The summed E-state index contributed by atoms with van der Waals surface area (Å²) < 4.78 is 0. The van der Waals surface area contributed by atoms with Gasteiger partial charge < -0.3 is 10.0 Å². The van der Waals surface area contributed by atoms with Crippen LogP contribution in [0.2, 0.25) is 0 Å². The van der Waals surface area contributed by atoms with Gasteiger partial charge in [0.15, 0.2) is 0 Å². The second-order valence-electron chi connectivity index (χ2n) is 4.25. The summed E-state index contributed by atoms with van der Waals surface area (Å²) in [4.78, 5) is 25.0. The Kier molecular flexibility index (Phi) is 3.62. The Morgan fingerprint density at radius 2 is 2.11 bits per heavy atom. The molecule has 0 saturated carbocycles. The predicted molar refractivity (Wildman–Crippen MR) is 66.9 cm³/mol. The molecule has 1 unspecified atom stereocenters. The third kappa shape index (κ3) is 2.22. The minimum absolute atomic E-state index is 0.112. The molecule has 0 spiro atoms. The molecule has 1 atom stereocenters. The van der Waals surface area contributed by atoms with Gasteiger partial charge in [-0.15, -0.1) is 0 Å². The number of carbonyl (C=O) groups is 2. The minimum atomic E-state index is -0.365. The second-order valence-corrected chi connectivity index (χ2v) is 4.25. The lowest BCUT2D eigenvalue weighted by atomic mass is 10.1. The number of piperazine rings is 1. The Morgan fingerprint density at radius 1 is 1.39 bits per heavy atom. The number of para-hydroxylation sites is 1. The third-order valence-electron chi connectivity index (χ3n) is 3.11. The van der Waals surface area contributed by atoms with Crippen LogP contribution in [0.25, 0.3) is 0 Å². The molecule has 5 nitrogen and oxygen atoms in total. The third-order valence-corrected chi connectivity index (χ3v) is 3.11. The van der Waals surface area contributed by atoms with E-state index in [9.17, 15) is 14.7 Å². The molecule has 1 saturated heterocycles. The Balaban J connectivity index is 2.39. The quantitative estimate of drug-likeness (QED) is 0.761. The summed E-state index contributed by atoms with van der Waals surface area (Å²) in [6, 6.07) is 6.90. The zero-order valence-corrected chi connectivity index (χ0v) is 10.2. The first kappa shape index (κ1) is 12.6. The molecule has 5 heteroatoms. The number of nitrogens with one attached hydrogen (secondary N) is 1. The first-order valence-corrected chi connectivity index (χ1v) is 5.96. The first-order valence-electron chi connectivity index (χ1n) is 5.96. The molecule has 2 N–H and O–H groups in total. The van der Waals surface area contributed by atoms with Crippen molar-refractivity contribution in [1.82, 2.24) is 5.32 Å². The summed E-state index contributed by atoms with van der Waals surface area (Å²) in [5.74, 6) is -0.584. The van der Waals surface area contributed by atoms with Gasteiger partial charge in [0, 0.05) is 11.3 Å². The number of aliphatic hydroxyl groups excluding tert-OH is 1. The largest absolute Gasteiger partial charge is 0.392 e. The van der Waals surface area contributed by atoms with E-state index >= 15 is 0 Å². The van der Waals surface area contributed by atoms with Gasteiger partial charge >= 0.3 is 0 Å². The molecule has 96 valence electrons. The smallest absolute Gasteiger partial charge is 0.249 e. The topological polar surface area (TPSA) is 69.6 Å². The van der Waals surface area contributed by atoms with Crippen LogP contribution in [0, 0.1) is 0 Å². The fourth-order valence-electron chi connectivity index (χ4n) is 2.25. The summed E-state index contributed by atoms with van der Waals surface area (Å²) in [5, 5.41) is 11.7. The fraction of sp³-hybridized carbons (Fsp3) is 0.385. The lowest BCUT2D eigenvalue weighted by Gasteiger charge is -2.36. The van der Waals surface area contributed by atoms with Crippen molar-refractivity contribution >= 4 is 17.5 Å². The molecule has 0 aliphatic carbocycles. The summed E-state index contributed by atoms with van der Waals surface area (Å²) in [5.41, 5.74) is 1.47. The van der Waals surface area contributed by atoms with Crippen molar-refractivity contribution in [1.29, 1.82) is 0 Å². The van der Waals surface area contributed by atoms with Crippen molar-refractivity contribution in [3.63, 3.8) is 0 Å². The van der Waals surface area contributed by atoms with E-state index in [-0.39, 0.29) is 31.0 Å². The van der Waals surface area contributed by atoms with Gasteiger partial charge in [-0.2, -0.15) is 0 Å². The molecule has 1 aromatic rings. The number of nitrogens with zero attached hydrogens (tertiary/aromatic N) is 1. The molecule has 1 aliphatic rings. The SMILES string of the molecule is CCC1C(=O)NC(=O)CN1c1ccccc1CO. The number of rotatable bonds is 3. The van der Waals surface area contributed by atoms with Gasteiger partial charge in [-0.05, 0) is 12.5 Å². The van der Waals surface area contributed by atoms with E-state index in [0.717, 1.165) is 11.3 Å². The molecule has 0 bridgehead atoms. The highest BCUT2D eigenvalue weighted by Crippen LogP contribution is 2.25. The Labute approximate surface area is 105 Å². The fourth-order valence-corrected chi connectivity index (χ4v) is 2.25. The van der Waals surface area contributed by atoms with Gasteiger partial charge in [0.1, 0.15) is 6.04 Å². The van der Waals surface area contributed by atoms with Crippen molar-refractivity contribution in [2.75, 3.05) is 11.4 Å². The number of imide groups is 1. The summed E-state index contributed by atoms with van der Waals surface area (Å²) in [7, 11) is 0. The molecule has 1 aliphatic heterocycles. The van der Waals surface area contributed by atoms with E-state index in [1.54, 1.807) is 11.0 Å². The van der Waals surface area contributed by atoms with E-state index < -0.39 is 0 Å². The van der Waals surface area contributed by atoms with Gasteiger partial charge in [-0.25, -0.2) is 0 Å². The Bertz CT molecular complexity index is 473. The monoisotopic (exact) mass is 248 g/mol. The van der Waals surface area contributed by atoms with E-state index in [4.69, 9.17) is 0 Å². The normalized spacial score (nSPS) is 19.9. The van der Waals surface area contributed by atoms with Crippen LogP contribution in [0.15, 0.2) is 24.3 Å². The van der Waals surface area contributed by atoms with Crippen molar-refractivity contribution in [2.24, 2.45) is 0 Å². The van der Waals surface area contributed by atoms with E-state index in [1.165, 1.54) is 0 Å². The summed E-state index contributed by atoms with van der Waals surface area (Å²) in [6.07, 6.45) is 0.610. The van der Waals surface area contributed by atoms with Gasteiger partial charge in [-0.1, -0.05) is 25.1 Å². The van der Waals surface area contributed by atoms with Crippen molar-refractivity contribution in [3.05, 3.63) is 29.8 Å². The first-order chi connectivity index (χ1) is 8.67. The average molecular weight is 248 g/mol. The number of aliphatic hydroxyl groups is 1. The van der Waals surface area contributed by atoms with Crippen LogP contribution in [-0.4, -0.2) is 29.5 Å². The van der Waals surface area contributed by atoms with Crippen LogP contribution in [-0.2, 0) is 16.2 Å². The van der Waals surface area contributed by atoms with Crippen LogP contribution >= 0.6 is 0 Å². The van der Waals surface area contributed by atoms with E-state index in [0.29, 0.717) is 6.42 Å². The maximum Gasteiger partial charge on any atom is 0.249 e. The van der Waals surface area contributed by atoms with Gasteiger partial charge in [-0.3, -0.25) is 14.9 Å². The number of hydrogen-bond donors (Lipinski definition) is 2. The van der Waals surface area contributed by atoms with Crippen molar-refractivity contribution < 1.29 is 14.7 Å². The molecule has 0 radical (unpaired) electrons. The molecule has 1 fully saturated rings. The van der Waals surface area contributed by atoms with Crippen LogP contribution in [0.5, 0.6) is 0 Å². The number of benzene rings is 1. The highest BCUT2D eigenvalue weighted by Gasteiger charge is 2.33. The van der Waals surface area contributed by atoms with Crippen molar-refractivity contribution in [3.8, 4) is 0 Å². The second kappa shape index (κ2) is 5.18. The molecule has 18 heavy (non-hydrogen) atoms. The molecule has 0 aromatic heterocycles. The maximum absolute atomic E-state index is 11.8. The number of anilines is 1. The number of amides is 2. The van der Waals surface area contributed by atoms with Gasteiger partial charge in [0.25, 0.3) is 0 Å². The molecule has 2 amide bonds. The molecule has 1 heterocycles. The average Bonchev–Trinajstić information content (AvgIpc) is 2.38. The van der Waals surface area contributed by atoms with E-state index in [1.807, 2.05) is 25.1 Å². The number of hydrogen-bond acceptors (Lipinski definition) is 4. The highest BCUT2D eigenvalue weighted by molar-refractivity contribution is 6.04. The minimum Gasteiger partial charge on any atom is -0.392 e. The van der Waals surface area contributed by atoms with Crippen LogP contribution in [0.4, 0.5) is 5.69 Å². The maximum atomic E-state index is 11.8. The predicted octanol–water partition coefficient (Wildman–Crippen LogP) is 0.420. The zero-order chi connectivity index (χ0) is 13.1. The Hall–Kier alpha value is -1.88. The highest BCUT2D eigenvalue weighted by atomic mass is 16.3. The standard InChI is InChI=1S/C13H16N2O3/c1-2-10-13(18)14-12(17)7-15(10)11-6-4-3-5-9(11)8-16/h3-6,10,16H,2,7-8H2,1H3,(H,14,17,18). The molecular weight excluding hydrogens is 232 g/mol. The van der Waals surface area contributed by atoms with Crippen LogP contribution in [0.1, 0.15) is 18.9 Å². The van der Waals surface area contributed by atoms with Gasteiger partial charge in [0.2, 0.25) is 11.8 Å².